The molecule has 3 aromatic rings. The summed E-state index contributed by atoms with van der Waals surface area (Å²) in [6.45, 7) is 2.75. The van der Waals surface area contributed by atoms with E-state index in [1.165, 1.54) is 12.8 Å². The van der Waals surface area contributed by atoms with E-state index in [1.807, 2.05) is 40.2 Å². The van der Waals surface area contributed by atoms with Crippen molar-refractivity contribution in [1.82, 2.24) is 20.0 Å². The van der Waals surface area contributed by atoms with E-state index < -0.39 is 5.92 Å². The van der Waals surface area contributed by atoms with Crippen molar-refractivity contribution in [3.63, 3.8) is 0 Å². The fourth-order valence-corrected chi connectivity index (χ4v) is 5.88. The number of nitrogens with one attached hydrogen (secondary N) is 1. The number of aromatic nitrogens is 4. The first kappa shape index (κ1) is 22.6. The Morgan fingerprint density at radius 2 is 1.74 bits per heavy atom. The number of alkyl halides is 2. The van der Waals surface area contributed by atoms with Gasteiger partial charge < -0.3 is 14.5 Å². The maximum atomic E-state index is 13.6. The van der Waals surface area contributed by atoms with Crippen LogP contribution in [0.3, 0.4) is 0 Å². The summed E-state index contributed by atoms with van der Waals surface area (Å²) in [5.74, 6) is -0.309. The number of hydrogen-bond donors (Lipinski definition) is 1. The van der Waals surface area contributed by atoms with Gasteiger partial charge in [0.2, 0.25) is 0 Å². The molecule has 184 valence electrons. The number of pyridine rings is 1. The second-order valence-corrected chi connectivity index (χ2v) is 10.5. The number of benzene rings is 1. The highest BCUT2D eigenvalue weighted by atomic mass is 32.2. The molecule has 10 heteroatoms. The molecule has 7 rings (SSSR count). The molecule has 1 saturated carbocycles. The lowest BCUT2D eigenvalue weighted by Gasteiger charge is -2.48. The number of fused-ring (bicyclic) bond motifs is 2. The van der Waals surface area contributed by atoms with Gasteiger partial charge in [-0.2, -0.15) is 0 Å². The van der Waals surface area contributed by atoms with Crippen molar-refractivity contribution in [2.75, 3.05) is 47.0 Å². The zero-order chi connectivity index (χ0) is 24.0. The van der Waals surface area contributed by atoms with Crippen LogP contribution in [0.2, 0.25) is 0 Å². The topological polar surface area (TPSA) is 62.1 Å². The predicted molar refractivity (Wildman–Crippen MR) is 137 cm³/mol. The van der Waals surface area contributed by atoms with Crippen LogP contribution < -0.4 is 14.5 Å². The van der Waals surface area contributed by atoms with Crippen molar-refractivity contribution in [3.8, 4) is 17.1 Å². The first-order valence-corrected chi connectivity index (χ1v) is 13.4. The van der Waals surface area contributed by atoms with Crippen LogP contribution in [0.5, 0.6) is 0 Å². The highest BCUT2D eigenvalue weighted by Crippen LogP contribution is 2.43. The average Bonchev–Trinajstić information content (AvgIpc) is 3.34. The highest BCUT2D eigenvalue weighted by molar-refractivity contribution is 7.99. The van der Waals surface area contributed by atoms with Gasteiger partial charge in [0.15, 0.2) is 0 Å². The summed E-state index contributed by atoms with van der Waals surface area (Å²) in [4.78, 5) is 9.13. The molecule has 3 aliphatic heterocycles. The molecule has 0 spiro atoms. The normalized spacial score (nSPS) is 23.2. The zero-order valence-electron chi connectivity index (χ0n) is 19.7. The largest absolute Gasteiger partial charge is 0.369 e. The maximum Gasteiger partial charge on any atom is 0.251 e. The molecule has 1 aromatic carbocycles. The molecule has 2 bridgehead atoms. The van der Waals surface area contributed by atoms with E-state index in [9.17, 15) is 8.78 Å². The van der Waals surface area contributed by atoms with Gasteiger partial charge in [-0.1, -0.05) is 23.2 Å². The number of halogens is 2. The third-order valence-corrected chi connectivity index (χ3v) is 7.82. The molecule has 2 aromatic heterocycles. The van der Waals surface area contributed by atoms with Crippen molar-refractivity contribution < 1.29 is 8.78 Å². The van der Waals surface area contributed by atoms with Crippen LogP contribution in [-0.2, 0) is 0 Å². The lowest BCUT2D eigenvalue weighted by molar-refractivity contribution is -0.0221. The van der Waals surface area contributed by atoms with Gasteiger partial charge in [-0.15, -0.1) is 5.10 Å². The van der Waals surface area contributed by atoms with E-state index in [0.717, 1.165) is 42.0 Å². The van der Waals surface area contributed by atoms with Crippen LogP contribution in [0.1, 0.15) is 25.7 Å². The molecule has 35 heavy (non-hydrogen) atoms. The van der Waals surface area contributed by atoms with Crippen LogP contribution in [0, 0.1) is 11.8 Å². The summed E-state index contributed by atoms with van der Waals surface area (Å²) in [6.07, 6.45) is 6.33. The average molecular weight is 498 g/mol. The van der Waals surface area contributed by atoms with E-state index in [2.05, 4.69) is 38.1 Å². The first-order valence-electron chi connectivity index (χ1n) is 12.2. The number of hydrogen-bond acceptors (Lipinski definition) is 7. The molecule has 5 heterocycles. The van der Waals surface area contributed by atoms with Gasteiger partial charge in [0, 0.05) is 51.0 Å². The molecule has 1 N–H and O–H groups in total. The predicted octanol–water partition coefficient (Wildman–Crippen LogP) is 5.10. The minimum Gasteiger partial charge on any atom is -0.369 e. The quantitative estimate of drug-likeness (QED) is 0.476. The molecular weight excluding hydrogens is 468 g/mol. The third-order valence-electron chi connectivity index (χ3n) is 7.38. The van der Waals surface area contributed by atoms with Crippen molar-refractivity contribution in [2.24, 2.45) is 11.8 Å². The Balaban J connectivity index is 1.28. The van der Waals surface area contributed by atoms with E-state index >= 15 is 0 Å². The molecule has 0 unspecified atom stereocenters. The van der Waals surface area contributed by atoms with Crippen molar-refractivity contribution in [2.45, 2.75) is 31.6 Å². The molecule has 4 aliphatic rings. The number of rotatable bonds is 6. The second kappa shape index (κ2) is 8.96. The molecule has 0 radical (unpaired) electrons. The highest BCUT2D eigenvalue weighted by Gasteiger charge is 2.38. The van der Waals surface area contributed by atoms with Gasteiger partial charge in [-0.25, -0.2) is 18.4 Å². The van der Waals surface area contributed by atoms with Crippen LogP contribution in [0.4, 0.5) is 26.0 Å². The summed E-state index contributed by atoms with van der Waals surface area (Å²) >= 11 is 1.58. The van der Waals surface area contributed by atoms with Crippen LogP contribution in [0.25, 0.3) is 17.1 Å². The van der Waals surface area contributed by atoms with Gasteiger partial charge in [-0.3, -0.25) is 0 Å². The van der Waals surface area contributed by atoms with Gasteiger partial charge in [0.1, 0.15) is 11.5 Å². The van der Waals surface area contributed by atoms with Crippen molar-refractivity contribution in [1.29, 1.82) is 0 Å². The lowest BCUT2D eigenvalue weighted by Crippen LogP contribution is -2.49. The fourth-order valence-electron chi connectivity index (χ4n) is 5.52. The van der Waals surface area contributed by atoms with Crippen molar-refractivity contribution >= 4 is 29.1 Å². The standard InChI is InChI=1S/C25H29F2N7S/c1-35-30-19-5-6-22(23(13-19)33-14-17-11-18(12-17)15-33)34-16-21(29-31-34)20-3-2-4-24(28-20)32-9-7-25(26,27)8-10-32/h2-6,13,16-18,30H,7-12,14-15H2,1H3. The number of nitrogens with zero attached hydrogens (tertiary/aromatic N) is 6. The molecule has 1 aliphatic carbocycles. The molecule has 0 amide bonds. The van der Waals surface area contributed by atoms with E-state index in [0.29, 0.717) is 30.3 Å². The minimum atomic E-state index is -2.58. The summed E-state index contributed by atoms with van der Waals surface area (Å²) in [5, 5.41) is 8.86. The van der Waals surface area contributed by atoms with Crippen LogP contribution in [0.15, 0.2) is 42.6 Å². The van der Waals surface area contributed by atoms with E-state index in [-0.39, 0.29) is 12.8 Å². The van der Waals surface area contributed by atoms with E-state index in [4.69, 9.17) is 4.98 Å². The van der Waals surface area contributed by atoms with Crippen LogP contribution >= 0.6 is 11.9 Å². The second-order valence-electron chi connectivity index (χ2n) is 9.89. The Labute approximate surface area is 208 Å². The summed E-state index contributed by atoms with van der Waals surface area (Å²) in [7, 11) is 0. The van der Waals surface area contributed by atoms with Gasteiger partial charge in [0.05, 0.1) is 23.3 Å². The molecule has 4 fully saturated rings. The van der Waals surface area contributed by atoms with Gasteiger partial charge in [0.25, 0.3) is 5.92 Å². The summed E-state index contributed by atoms with van der Waals surface area (Å²) in [5.41, 5.74) is 4.56. The number of anilines is 3. The first-order chi connectivity index (χ1) is 17.0. The number of piperidine rings is 3. The third kappa shape index (κ3) is 4.55. The summed E-state index contributed by atoms with van der Waals surface area (Å²) in [6, 6.07) is 12.0. The Hall–Kier alpha value is -2.88. The maximum absolute atomic E-state index is 13.6. The Morgan fingerprint density at radius 1 is 0.971 bits per heavy atom. The Kier molecular flexibility index (Phi) is 5.78. The van der Waals surface area contributed by atoms with Crippen LogP contribution in [-0.4, -0.2) is 58.3 Å². The zero-order valence-corrected chi connectivity index (χ0v) is 20.5. The Morgan fingerprint density at radius 3 is 2.49 bits per heavy atom. The SMILES string of the molecule is CSNc1ccc(-n2cc(-c3cccc(N4CCC(F)(F)CC4)n3)nn2)c(N2CC3CC(C3)C2)c1. The fraction of sp³-hybridized carbons (Fsp3) is 0.480. The lowest BCUT2D eigenvalue weighted by atomic mass is 9.71. The molecule has 0 atom stereocenters. The van der Waals surface area contributed by atoms with E-state index in [1.54, 1.807) is 11.9 Å². The van der Waals surface area contributed by atoms with Gasteiger partial charge in [-0.05, 0) is 55.0 Å². The Bertz CT molecular complexity index is 1190. The smallest absolute Gasteiger partial charge is 0.251 e. The minimum absolute atomic E-state index is 0.141. The monoisotopic (exact) mass is 497 g/mol. The molecule has 3 saturated heterocycles. The van der Waals surface area contributed by atoms with Gasteiger partial charge >= 0.3 is 0 Å². The molecular formula is C25H29F2N7S. The van der Waals surface area contributed by atoms with Crippen molar-refractivity contribution in [3.05, 3.63) is 42.6 Å². The summed E-state index contributed by atoms with van der Waals surface area (Å²) < 4.78 is 32.3. The molecule has 7 nitrogen and oxygen atoms in total.